The van der Waals surface area contributed by atoms with Crippen molar-refractivity contribution in [3.05, 3.63) is 29.8 Å². The number of carbonyl (C=O) groups is 1. The van der Waals surface area contributed by atoms with Gasteiger partial charge in [0, 0.05) is 0 Å². The van der Waals surface area contributed by atoms with Gasteiger partial charge in [0.05, 0.1) is 13.0 Å². The number of hydrogen-bond acceptors (Lipinski definition) is 2. The normalized spacial score (nSPS) is 16.8. The molecule has 0 saturated heterocycles. The van der Waals surface area contributed by atoms with E-state index in [1.807, 2.05) is 24.3 Å². The molecule has 2 rings (SSSR count). The van der Waals surface area contributed by atoms with E-state index in [0.717, 1.165) is 17.7 Å². The molecule has 1 unspecified atom stereocenters. The Bertz CT molecular complexity index is 385. The van der Waals surface area contributed by atoms with Crippen LogP contribution in [0.2, 0.25) is 0 Å². The quantitative estimate of drug-likeness (QED) is 0.824. The first kappa shape index (κ1) is 11.0. The minimum absolute atomic E-state index is 0.164. The molecule has 3 heteroatoms. The Hall–Kier alpha value is -1.51. The van der Waals surface area contributed by atoms with Crippen LogP contribution >= 0.6 is 0 Å². The van der Waals surface area contributed by atoms with Crippen molar-refractivity contribution in [2.75, 3.05) is 7.11 Å². The van der Waals surface area contributed by atoms with Crippen LogP contribution in [0.4, 0.5) is 0 Å². The first-order chi connectivity index (χ1) is 7.70. The van der Waals surface area contributed by atoms with Crippen LogP contribution in [0, 0.1) is 5.92 Å². The minimum atomic E-state index is -0.236. The Morgan fingerprint density at radius 2 is 2.31 bits per heavy atom. The smallest absolute Gasteiger partial charge is 0.224 e. The summed E-state index contributed by atoms with van der Waals surface area (Å²) in [5, 5.41) is 0. The number of benzene rings is 1. The summed E-state index contributed by atoms with van der Waals surface area (Å²) in [4.78, 5) is 11.4. The number of primary amides is 1. The molecule has 2 N–H and O–H groups in total. The number of amides is 1. The molecular formula is C13H17NO2. The van der Waals surface area contributed by atoms with Gasteiger partial charge in [-0.1, -0.05) is 25.0 Å². The average molecular weight is 219 g/mol. The topological polar surface area (TPSA) is 52.3 Å². The van der Waals surface area contributed by atoms with Crippen LogP contribution in [0.15, 0.2) is 24.3 Å². The Morgan fingerprint density at radius 1 is 1.56 bits per heavy atom. The fourth-order valence-corrected chi connectivity index (χ4v) is 1.96. The standard InChI is InChI=1S/C13H17NO2/c1-16-11-4-2-3-10(8-11)12(13(14)15)7-9-5-6-9/h2-4,8-9,12H,5-7H2,1H3,(H2,14,15). The Labute approximate surface area is 95.6 Å². The first-order valence-corrected chi connectivity index (χ1v) is 5.64. The highest BCUT2D eigenvalue weighted by Crippen LogP contribution is 2.38. The van der Waals surface area contributed by atoms with Crippen molar-refractivity contribution in [2.24, 2.45) is 11.7 Å². The van der Waals surface area contributed by atoms with Crippen LogP contribution in [-0.4, -0.2) is 13.0 Å². The molecule has 16 heavy (non-hydrogen) atoms. The molecule has 0 radical (unpaired) electrons. The number of methoxy groups -OCH3 is 1. The van der Waals surface area contributed by atoms with E-state index in [1.165, 1.54) is 12.8 Å². The molecule has 0 heterocycles. The van der Waals surface area contributed by atoms with Crippen molar-refractivity contribution in [3.8, 4) is 5.75 Å². The zero-order valence-electron chi connectivity index (χ0n) is 9.48. The summed E-state index contributed by atoms with van der Waals surface area (Å²) in [6, 6.07) is 7.62. The van der Waals surface area contributed by atoms with Crippen molar-refractivity contribution in [1.29, 1.82) is 0 Å². The summed E-state index contributed by atoms with van der Waals surface area (Å²) in [5.74, 6) is 1.06. The Balaban J connectivity index is 2.18. The van der Waals surface area contributed by atoms with Crippen LogP contribution in [0.1, 0.15) is 30.7 Å². The molecular weight excluding hydrogens is 202 g/mol. The molecule has 3 nitrogen and oxygen atoms in total. The van der Waals surface area contributed by atoms with Crippen molar-refractivity contribution in [3.63, 3.8) is 0 Å². The molecule has 0 aromatic heterocycles. The van der Waals surface area contributed by atoms with Crippen molar-refractivity contribution in [1.82, 2.24) is 0 Å². The summed E-state index contributed by atoms with van der Waals surface area (Å²) in [6.07, 6.45) is 3.34. The maximum Gasteiger partial charge on any atom is 0.224 e. The summed E-state index contributed by atoms with van der Waals surface area (Å²) < 4.78 is 5.15. The van der Waals surface area contributed by atoms with E-state index in [0.29, 0.717) is 5.92 Å². The largest absolute Gasteiger partial charge is 0.497 e. The zero-order chi connectivity index (χ0) is 11.5. The minimum Gasteiger partial charge on any atom is -0.497 e. The van der Waals surface area contributed by atoms with Crippen LogP contribution in [0.3, 0.4) is 0 Å². The highest BCUT2D eigenvalue weighted by Gasteiger charge is 2.29. The second-order valence-electron chi connectivity index (χ2n) is 4.41. The molecule has 1 saturated carbocycles. The lowest BCUT2D eigenvalue weighted by molar-refractivity contribution is -0.119. The fourth-order valence-electron chi connectivity index (χ4n) is 1.96. The lowest BCUT2D eigenvalue weighted by atomic mass is 9.93. The van der Waals surface area contributed by atoms with Crippen molar-refractivity contribution < 1.29 is 9.53 Å². The van der Waals surface area contributed by atoms with Crippen LogP contribution < -0.4 is 10.5 Å². The van der Waals surface area contributed by atoms with E-state index >= 15 is 0 Å². The maximum atomic E-state index is 11.4. The van der Waals surface area contributed by atoms with Gasteiger partial charge in [-0.3, -0.25) is 4.79 Å². The third-order valence-corrected chi connectivity index (χ3v) is 3.11. The third-order valence-electron chi connectivity index (χ3n) is 3.11. The number of ether oxygens (including phenoxy) is 1. The summed E-state index contributed by atoms with van der Waals surface area (Å²) in [5.41, 5.74) is 6.43. The summed E-state index contributed by atoms with van der Waals surface area (Å²) in [6.45, 7) is 0. The molecule has 1 aromatic rings. The number of nitrogens with two attached hydrogens (primary N) is 1. The molecule has 86 valence electrons. The summed E-state index contributed by atoms with van der Waals surface area (Å²) >= 11 is 0. The van der Waals surface area contributed by atoms with Gasteiger partial charge in [0.25, 0.3) is 0 Å². The van der Waals surface area contributed by atoms with E-state index in [4.69, 9.17) is 10.5 Å². The monoisotopic (exact) mass is 219 g/mol. The second-order valence-corrected chi connectivity index (χ2v) is 4.41. The molecule has 1 aromatic carbocycles. The molecule has 0 bridgehead atoms. The van der Waals surface area contributed by atoms with Gasteiger partial charge in [-0.2, -0.15) is 0 Å². The van der Waals surface area contributed by atoms with Crippen LogP contribution in [-0.2, 0) is 4.79 Å². The fraction of sp³-hybridized carbons (Fsp3) is 0.462. The van der Waals surface area contributed by atoms with E-state index in [-0.39, 0.29) is 11.8 Å². The Morgan fingerprint density at radius 3 is 2.88 bits per heavy atom. The average Bonchev–Trinajstić information content (AvgIpc) is 3.09. The van der Waals surface area contributed by atoms with Crippen LogP contribution in [0.25, 0.3) is 0 Å². The predicted molar refractivity (Wildman–Crippen MR) is 62.3 cm³/mol. The van der Waals surface area contributed by atoms with E-state index < -0.39 is 0 Å². The lowest BCUT2D eigenvalue weighted by Gasteiger charge is -2.14. The molecule has 1 amide bonds. The zero-order valence-corrected chi connectivity index (χ0v) is 9.48. The van der Waals surface area contributed by atoms with Gasteiger partial charge in [0.2, 0.25) is 5.91 Å². The molecule has 1 atom stereocenters. The predicted octanol–water partition coefficient (Wildman–Crippen LogP) is 2.06. The van der Waals surface area contributed by atoms with Gasteiger partial charge in [-0.05, 0) is 30.0 Å². The van der Waals surface area contributed by atoms with Gasteiger partial charge >= 0.3 is 0 Å². The summed E-state index contributed by atoms with van der Waals surface area (Å²) in [7, 11) is 1.62. The third kappa shape index (κ3) is 2.54. The molecule has 1 aliphatic carbocycles. The van der Waals surface area contributed by atoms with Crippen molar-refractivity contribution in [2.45, 2.75) is 25.2 Å². The molecule has 0 spiro atoms. The Kier molecular flexibility index (Phi) is 3.13. The number of carbonyl (C=O) groups excluding carboxylic acids is 1. The lowest BCUT2D eigenvalue weighted by Crippen LogP contribution is -2.21. The van der Waals surface area contributed by atoms with Gasteiger partial charge < -0.3 is 10.5 Å². The van der Waals surface area contributed by atoms with E-state index in [9.17, 15) is 4.79 Å². The second kappa shape index (κ2) is 4.56. The van der Waals surface area contributed by atoms with Gasteiger partial charge in [-0.15, -0.1) is 0 Å². The highest BCUT2D eigenvalue weighted by atomic mass is 16.5. The molecule has 1 fully saturated rings. The number of rotatable bonds is 5. The van der Waals surface area contributed by atoms with Crippen molar-refractivity contribution >= 4 is 5.91 Å². The number of hydrogen-bond donors (Lipinski definition) is 1. The molecule has 0 aliphatic heterocycles. The first-order valence-electron chi connectivity index (χ1n) is 5.64. The SMILES string of the molecule is COc1cccc(C(CC2CC2)C(N)=O)c1. The van der Waals surface area contributed by atoms with Gasteiger partial charge in [0.15, 0.2) is 0 Å². The van der Waals surface area contributed by atoms with E-state index in [1.54, 1.807) is 7.11 Å². The molecule has 1 aliphatic rings. The highest BCUT2D eigenvalue weighted by molar-refractivity contribution is 5.82. The van der Waals surface area contributed by atoms with E-state index in [2.05, 4.69) is 0 Å². The van der Waals surface area contributed by atoms with Gasteiger partial charge in [-0.25, -0.2) is 0 Å². The van der Waals surface area contributed by atoms with Gasteiger partial charge in [0.1, 0.15) is 5.75 Å². The maximum absolute atomic E-state index is 11.4. The van der Waals surface area contributed by atoms with Crippen LogP contribution in [0.5, 0.6) is 5.75 Å².